The molecule has 5 aromatic rings. The molecule has 5 rings (SSSR count). The van der Waals surface area contributed by atoms with E-state index in [0.717, 1.165) is 24.2 Å². The van der Waals surface area contributed by atoms with Crippen LogP contribution in [0.25, 0.3) is 22.3 Å². The van der Waals surface area contributed by atoms with Crippen LogP contribution in [-0.4, -0.2) is 32.4 Å². The van der Waals surface area contributed by atoms with Crippen LogP contribution in [0.5, 0.6) is 5.88 Å². The summed E-state index contributed by atoms with van der Waals surface area (Å²) < 4.78 is 19.6. The average molecular weight is 516 g/mol. The highest BCUT2D eigenvalue weighted by molar-refractivity contribution is 6.31. The van der Waals surface area contributed by atoms with E-state index in [-0.39, 0.29) is 24.2 Å². The molecule has 2 N–H and O–H groups in total. The van der Waals surface area contributed by atoms with Crippen molar-refractivity contribution in [2.45, 2.75) is 19.4 Å². The molecule has 0 saturated carbocycles. The lowest BCUT2D eigenvalue weighted by molar-refractivity contribution is 0.0953. The van der Waals surface area contributed by atoms with E-state index in [1.165, 1.54) is 12.1 Å². The standard InChI is InChI=1S/C28H23ClFN5O2/c29-22-5-2-1-4-20(22)17-37-28-26(18-7-10-21(30)11-8-18)34-24-16-19(9-12-23(24)35-28)27(36)33-13-3-6-25-31-14-15-32-25/h1-2,4-5,7-12,14-16H,3,6,13,17H2,(H,31,32)(H,33,36). The highest BCUT2D eigenvalue weighted by Gasteiger charge is 2.15. The molecule has 2 aromatic heterocycles. The van der Waals surface area contributed by atoms with Crippen molar-refractivity contribution in [3.05, 3.63) is 107 Å². The molecule has 2 heterocycles. The Morgan fingerprint density at radius 2 is 1.86 bits per heavy atom. The fraction of sp³-hybridized carbons (Fsp3) is 0.143. The molecule has 0 unspecified atom stereocenters. The number of fused-ring (bicyclic) bond motifs is 1. The molecule has 37 heavy (non-hydrogen) atoms. The third kappa shape index (κ3) is 5.92. The molecule has 0 spiro atoms. The zero-order valence-electron chi connectivity index (χ0n) is 19.7. The highest BCUT2D eigenvalue weighted by Crippen LogP contribution is 2.30. The Morgan fingerprint density at radius 3 is 2.65 bits per heavy atom. The minimum Gasteiger partial charge on any atom is -0.471 e. The van der Waals surface area contributed by atoms with Gasteiger partial charge in [-0.1, -0.05) is 29.8 Å². The molecule has 3 aromatic carbocycles. The number of benzene rings is 3. The van der Waals surface area contributed by atoms with Gasteiger partial charge in [0.25, 0.3) is 5.91 Å². The van der Waals surface area contributed by atoms with Gasteiger partial charge in [0.1, 0.15) is 23.9 Å². The maximum absolute atomic E-state index is 13.6. The van der Waals surface area contributed by atoms with E-state index >= 15 is 0 Å². The maximum atomic E-state index is 13.6. The largest absolute Gasteiger partial charge is 0.471 e. The van der Waals surface area contributed by atoms with Crippen molar-refractivity contribution in [2.24, 2.45) is 0 Å². The molecule has 0 saturated heterocycles. The van der Waals surface area contributed by atoms with E-state index in [1.807, 2.05) is 18.2 Å². The molecule has 0 atom stereocenters. The fourth-order valence-corrected chi connectivity index (χ4v) is 4.02. The van der Waals surface area contributed by atoms with E-state index < -0.39 is 0 Å². The van der Waals surface area contributed by atoms with Crippen LogP contribution in [0.4, 0.5) is 4.39 Å². The molecule has 0 bridgehead atoms. The van der Waals surface area contributed by atoms with Crippen LogP contribution in [0.3, 0.4) is 0 Å². The first-order valence-corrected chi connectivity index (χ1v) is 12.1. The molecule has 7 nitrogen and oxygen atoms in total. The van der Waals surface area contributed by atoms with Gasteiger partial charge in [-0.25, -0.2) is 19.3 Å². The van der Waals surface area contributed by atoms with E-state index in [2.05, 4.69) is 20.3 Å². The lowest BCUT2D eigenvalue weighted by Crippen LogP contribution is -2.24. The Balaban J connectivity index is 1.39. The third-order valence-corrected chi connectivity index (χ3v) is 6.13. The second-order valence-corrected chi connectivity index (χ2v) is 8.77. The summed E-state index contributed by atoms with van der Waals surface area (Å²) in [5.74, 6) is 0.609. The fourth-order valence-electron chi connectivity index (χ4n) is 3.83. The number of ether oxygens (including phenoxy) is 1. The molecule has 0 aliphatic heterocycles. The van der Waals surface area contributed by atoms with Gasteiger partial charge in [0.2, 0.25) is 5.88 Å². The van der Waals surface area contributed by atoms with Crippen LogP contribution >= 0.6 is 11.6 Å². The number of aryl methyl sites for hydroxylation is 1. The van der Waals surface area contributed by atoms with Crippen LogP contribution in [0.2, 0.25) is 5.02 Å². The Kier molecular flexibility index (Phi) is 7.37. The van der Waals surface area contributed by atoms with Crippen LogP contribution in [0.15, 0.2) is 79.1 Å². The van der Waals surface area contributed by atoms with Gasteiger partial charge in [0.15, 0.2) is 0 Å². The molecule has 186 valence electrons. The number of aromatic amines is 1. The zero-order valence-corrected chi connectivity index (χ0v) is 20.5. The lowest BCUT2D eigenvalue weighted by Gasteiger charge is -2.13. The molecule has 0 fully saturated rings. The summed E-state index contributed by atoms with van der Waals surface area (Å²) in [4.78, 5) is 29.4. The van der Waals surface area contributed by atoms with Crippen molar-refractivity contribution in [3.8, 4) is 17.1 Å². The van der Waals surface area contributed by atoms with Crippen molar-refractivity contribution < 1.29 is 13.9 Å². The first-order chi connectivity index (χ1) is 18.1. The van der Waals surface area contributed by atoms with Crippen LogP contribution in [0, 0.1) is 5.82 Å². The number of halogens is 2. The summed E-state index contributed by atoms with van der Waals surface area (Å²) in [7, 11) is 0. The van der Waals surface area contributed by atoms with Gasteiger partial charge < -0.3 is 15.0 Å². The van der Waals surface area contributed by atoms with Gasteiger partial charge in [0, 0.05) is 47.1 Å². The SMILES string of the molecule is O=C(NCCCc1ncc[nH]1)c1ccc2nc(OCc3ccccc3Cl)c(-c3ccc(F)cc3)nc2c1. The summed E-state index contributed by atoms with van der Waals surface area (Å²) in [6.07, 6.45) is 4.98. The van der Waals surface area contributed by atoms with Gasteiger partial charge in [-0.3, -0.25) is 4.79 Å². The van der Waals surface area contributed by atoms with Gasteiger partial charge in [-0.2, -0.15) is 0 Å². The van der Waals surface area contributed by atoms with Gasteiger partial charge in [-0.05, 0) is 55.0 Å². The van der Waals surface area contributed by atoms with Crippen LogP contribution < -0.4 is 10.1 Å². The van der Waals surface area contributed by atoms with Crippen molar-refractivity contribution in [1.29, 1.82) is 0 Å². The number of H-pyrrole nitrogens is 1. The quantitative estimate of drug-likeness (QED) is 0.244. The number of nitrogens with one attached hydrogen (secondary N) is 2. The van der Waals surface area contributed by atoms with Gasteiger partial charge >= 0.3 is 0 Å². The number of hydrogen-bond donors (Lipinski definition) is 2. The number of aromatic nitrogens is 4. The number of rotatable bonds is 9. The first-order valence-electron chi connectivity index (χ1n) is 11.8. The molecule has 1 amide bonds. The normalized spacial score (nSPS) is 11.0. The molecular formula is C28H23ClFN5O2. The third-order valence-electron chi connectivity index (χ3n) is 5.77. The number of imidazole rings is 1. The van der Waals surface area contributed by atoms with Crippen molar-refractivity contribution in [1.82, 2.24) is 25.3 Å². The summed E-state index contributed by atoms with van der Waals surface area (Å²) >= 11 is 6.28. The number of amides is 1. The minimum atomic E-state index is -0.359. The number of carbonyl (C=O) groups excluding carboxylic acids is 1. The van der Waals surface area contributed by atoms with Crippen molar-refractivity contribution in [3.63, 3.8) is 0 Å². The molecule has 0 radical (unpaired) electrons. The molecule has 0 aliphatic rings. The number of nitrogens with zero attached hydrogens (tertiary/aromatic N) is 3. The lowest BCUT2D eigenvalue weighted by atomic mass is 10.1. The van der Waals surface area contributed by atoms with Crippen LogP contribution in [-0.2, 0) is 13.0 Å². The summed E-state index contributed by atoms with van der Waals surface area (Å²) in [5.41, 5.74) is 3.43. The Bertz CT molecular complexity index is 1520. The maximum Gasteiger partial charge on any atom is 0.251 e. The molecule has 9 heteroatoms. The minimum absolute atomic E-state index is 0.187. The zero-order chi connectivity index (χ0) is 25.6. The highest BCUT2D eigenvalue weighted by atomic mass is 35.5. The van der Waals surface area contributed by atoms with Gasteiger partial charge in [-0.15, -0.1) is 0 Å². The predicted molar refractivity (Wildman–Crippen MR) is 140 cm³/mol. The monoisotopic (exact) mass is 515 g/mol. The predicted octanol–water partition coefficient (Wildman–Crippen LogP) is 5.75. The summed E-state index contributed by atoms with van der Waals surface area (Å²) in [5, 5.41) is 3.51. The van der Waals surface area contributed by atoms with E-state index in [0.29, 0.717) is 39.4 Å². The number of carbonyl (C=O) groups is 1. The average Bonchev–Trinajstić information content (AvgIpc) is 3.44. The summed E-state index contributed by atoms with van der Waals surface area (Å²) in [6.45, 7) is 0.700. The van der Waals surface area contributed by atoms with Crippen LogP contribution in [0.1, 0.15) is 28.2 Å². The summed E-state index contributed by atoms with van der Waals surface area (Å²) in [6, 6.07) is 18.4. The Labute approximate surface area is 217 Å². The van der Waals surface area contributed by atoms with Crippen molar-refractivity contribution >= 4 is 28.5 Å². The molecular weight excluding hydrogens is 493 g/mol. The number of hydrogen-bond acceptors (Lipinski definition) is 5. The van der Waals surface area contributed by atoms with E-state index in [9.17, 15) is 9.18 Å². The topological polar surface area (TPSA) is 92.8 Å². The van der Waals surface area contributed by atoms with E-state index in [1.54, 1.807) is 48.8 Å². The van der Waals surface area contributed by atoms with Crippen molar-refractivity contribution in [2.75, 3.05) is 6.54 Å². The Hall–Kier alpha value is -4.30. The second-order valence-electron chi connectivity index (χ2n) is 8.36. The first kappa shape index (κ1) is 24.4. The second kappa shape index (κ2) is 11.2. The smallest absolute Gasteiger partial charge is 0.251 e. The molecule has 0 aliphatic carbocycles. The van der Waals surface area contributed by atoms with Gasteiger partial charge in [0.05, 0.1) is 11.0 Å². The van der Waals surface area contributed by atoms with E-state index in [4.69, 9.17) is 21.3 Å². The Morgan fingerprint density at radius 1 is 1.03 bits per heavy atom.